The Balaban J connectivity index is 2.92. The molecule has 2 N–H and O–H groups in total. The van der Waals surface area contributed by atoms with Crippen molar-refractivity contribution in [1.82, 2.24) is 15.5 Å². The third-order valence-electron chi connectivity index (χ3n) is 0.881. The van der Waals surface area contributed by atoms with E-state index in [9.17, 15) is 0 Å². The van der Waals surface area contributed by atoms with E-state index in [1.807, 2.05) is 7.05 Å². The number of aromatic nitrogens is 4. The lowest BCUT2D eigenvalue weighted by Crippen LogP contribution is -2.32. The van der Waals surface area contributed by atoms with Gasteiger partial charge < -0.3 is 0 Å². The zero-order valence-electron chi connectivity index (χ0n) is 4.84. The van der Waals surface area contributed by atoms with Crippen LogP contribution in [0.5, 0.6) is 0 Å². The van der Waals surface area contributed by atoms with Crippen molar-refractivity contribution in [3.8, 4) is 0 Å². The molecular weight excluding hydrogens is 106 g/mol. The van der Waals surface area contributed by atoms with Gasteiger partial charge in [0.1, 0.15) is 5.21 Å². The molecule has 0 unspecified atom stereocenters. The first-order chi connectivity index (χ1) is 3.84. The number of nitrogens with one attached hydrogen (secondary N) is 2. The summed E-state index contributed by atoms with van der Waals surface area (Å²) < 4.78 is 1.68. The largest absolute Gasteiger partial charge is 0.399 e. The Morgan fingerprint density at radius 1 is 1.75 bits per heavy atom. The third kappa shape index (κ3) is 0.617. The van der Waals surface area contributed by atoms with Crippen LogP contribution in [0.4, 0.5) is 5.95 Å². The van der Waals surface area contributed by atoms with E-state index in [1.165, 1.54) is 0 Å². The minimum atomic E-state index is 0.727. The van der Waals surface area contributed by atoms with E-state index in [0.717, 1.165) is 5.95 Å². The van der Waals surface area contributed by atoms with E-state index in [0.29, 0.717) is 0 Å². The highest BCUT2D eigenvalue weighted by molar-refractivity contribution is 5.08. The molecule has 1 heterocycles. The Morgan fingerprint density at radius 2 is 2.50 bits per heavy atom. The summed E-state index contributed by atoms with van der Waals surface area (Å²) >= 11 is 0. The third-order valence-corrected chi connectivity index (χ3v) is 0.881. The molecule has 44 valence electrons. The molecule has 0 aliphatic carbocycles. The number of H-pyrrole nitrogens is 1. The van der Waals surface area contributed by atoms with E-state index in [4.69, 9.17) is 0 Å². The molecule has 1 aromatic rings. The van der Waals surface area contributed by atoms with Crippen molar-refractivity contribution in [3.63, 3.8) is 0 Å². The van der Waals surface area contributed by atoms with Gasteiger partial charge in [-0.15, -0.1) is 5.21 Å². The number of rotatable bonds is 1. The van der Waals surface area contributed by atoms with Gasteiger partial charge in [-0.25, -0.2) is 0 Å². The molecule has 0 radical (unpaired) electrons. The van der Waals surface area contributed by atoms with Crippen molar-refractivity contribution in [2.75, 3.05) is 12.4 Å². The van der Waals surface area contributed by atoms with Crippen molar-refractivity contribution >= 4 is 5.95 Å². The summed E-state index contributed by atoms with van der Waals surface area (Å²) in [7, 11) is 3.61. The van der Waals surface area contributed by atoms with Crippen LogP contribution in [0.15, 0.2) is 0 Å². The Hall–Kier alpha value is -1.13. The lowest BCUT2D eigenvalue weighted by molar-refractivity contribution is -0.718. The van der Waals surface area contributed by atoms with E-state index >= 15 is 0 Å². The molecular formula is C3H8N5+. The fourth-order valence-electron chi connectivity index (χ4n) is 0.469. The predicted octanol–water partition coefficient (Wildman–Crippen LogP) is -1.33. The number of nitrogens with zero attached hydrogens (tertiary/aromatic N) is 3. The van der Waals surface area contributed by atoms with E-state index < -0.39 is 0 Å². The van der Waals surface area contributed by atoms with Gasteiger partial charge in [-0.05, 0) is 0 Å². The quantitative estimate of drug-likeness (QED) is 0.445. The fraction of sp³-hybridized carbons (Fsp3) is 0.667. The minimum absolute atomic E-state index is 0.727. The topological polar surface area (TPSA) is 57.5 Å². The molecule has 0 aliphatic heterocycles. The highest BCUT2D eigenvalue weighted by atomic mass is 15.6. The second-order valence-electron chi connectivity index (χ2n) is 1.43. The lowest BCUT2D eigenvalue weighted by Gasteiger charge is -1.83. The van der Waals surface area contributed by atoms with Gasteiger partial charge in [-0.2, -0.15) is 4.68 Å². The van der Waals surface area contributed by atoms with Crippen LogP contribution in [0.2, 0.25) is 0 Å². The molecule has 0 aliphatic rings. The predicted molar refractivity (Wildman–Crippen MR) is 27.1 cm³/mol. The van der Waals surface area contributed by atoms with Crippen molar-refractivity contribution in [2.45, 2.75) is 0 Å². The maximum atomic E-state index is 3.68. The van der Waals surface area contributed by atoms with Gasteiger partial charge in [0, 0.05) is 7.05 Å². The van der Waals surface area contributed by atoms with Gasteiger partial charge in [0.05, 0.1) is 12.1 Å². The monoisotopic (exact) mass is 114 g/mol. The van der Waals surface area contributed by atoms with E-state index in [-0.39, 0.29) is 0 Å². The molecule has 1 aromatic heterocycles. The van der Waals surface area contributed by atoms with Crippen LogP contribution < -0.4 is 10.00 Å². The minimum Gasteiger partial charge on any atom is -0.293 e. The summed E-state index contributed by atoms with van der Waals surface area (Å²) in [6, 6.07) is 0. The molecule has 0 aromatic carbocycles. The molecule has 0 atom stereocenters. The van der Waals surface area contributed by atoms with Crippen LogP contribution in [0.25, 0.3) is 0 Å². The fourth-order valence-corrected chi connectivity index (χ4v) is 0.469. The molecule has 0 amide bonds. The van der Waals surface area contributed by atoms with Gasteiger partial charge in [-0.3, -0.25) is 5.32 Å². The molecule has 0 saturated carbocycles. The average Bonchev–Trinajstić information content (AvgIpc) is 2.14. The van der Waals surface area contributed by atoms with E-state index in [1.54, 1.807) is 11.7 Å². The number of hydrogen-bond donors (Lipinski definition) is 2. The second-order valence-corrected chi connectivity index (χ2v) is 1.43. The van der Waals surface area contributed by atoms with Crippen LogP contribution in [0.3, 0.4) is 0 Å². The summed E-state index contributed by atoms with van der Waals surface area (Å²) in [5.41, 5.74) is 0. The molecule has 8 heavy (non-hydrogen) atoms. The van der Waals surface area contributed by atoms with Crippen LogP contribution in [-0.2, 0) is 7.05 Å². The van der Waals surface area contributed by atoms with Gasteiger partial charge in [0.2, 0.25) is 0 Å². The Bertz CT molecular complexity index is 168. The standard InChI is InChI=1S/C3H7N5/c1-4-3-5-6-7-8(3)2/h1-2H3,(H,4,5,7)/p+1. The summed E-state index contributed by atoms with van der Waals surface area (Å²) in [6.45, 7) is 0. The second kappa shape index (κ2) is 1.77. The maximum Gasteiger partial charge on any atom is 0.399 e. The molecule has 0 fully saturated rings. The Labute approximate surface area is 46.7 Å². The van der Waals surface area contributed by atoms with Gasteiger partial charge in [0.25, 0.3) is 0 Å². The SMILES string of the molecule is CNc1nn[nH][n+]1C. The average molecular weight is 114 g/mol. The summed E-state index contributed by atoms with van der Waals surface area (Å²) in [5.74, 6) is 0.727. The van der Waals surface area contributed by atoms with Crippen molar-refractivity contribution in [1.29, 1.82) is 0 Å². The highest BCUT2D eigenvalue weighted by Crippen LogP contribution is 1.79. The van der Waals surface area contributed by atoms with Crippen LogP contribution in [-0.4, -0.2) is 22.6 Å². The molecule has 0 saturated heterocycles. The maximum absolute atomic E-state index is 3.68. The summed E-state index contributed by atoms with van der Waals surface area (Å²) in [5, 5.41) is 12.6. The zero-order valence-corrected chi connectivity index (χ0v) is 4.84. The molecule has 5 heteroatoms. The van der Waals surface area contributed by atoms with Crippen molar-refractivity contribution < 1.29 is 4.68 Å². The lowest BCUT2D eigenvalue weighted by atomic mass is 11.0. The Kier molecular flexibility index (Phi) is 1.11. The highest BCUT2D eigenvalue weighted by Gasteiger charge is 2.03. The first kappa shape index (κ1) is 5.02. The van der Waals surface area contributed by atoms with Crippen LogP contribution >= 0.6 is 0 Å². The molecule has 0 spiro atoms. The van der Waals surface area contributed by atoms with Gasteiger partial charge >= 0.3 is 5.95 Å². The van der Waals surface area contributed by atoms with Crippen molar-refractivity contribution in [2.24, 2.45) is 7.05 Å². The Morgan fingerprint density at radius 3 is 2.75 bits per heavy atom. The van der Waals surface area contributed by atoms with Crippen LogP contribution in [0, 0.1) is 0 Å². The van der Waals surface area contributed by atoms with E-state index in [2.05, 4.69) is 20.8 Å². The smallest absolute Gasteiger partial charge is 0.293 e. The van der Waals surface area contributed by atoms with Crippen LogP contribution in [0.1, 0.15) is 0 Å². The number of hydrogen-bond acceptors (Lipinski definition) is 3. The first-order valence-electron chi connectivity index (χ1n) is 2.29. The number of aromatic amines is 1. The number of aryl methyl sites for hydroxylation is 1. The van der Waals surface area contributed by atoms with Gasteiger partial charge in [-0.1, -0.05) is 0 Å². The number of tetrazole rings is 1. The van der Waals surface area contributed by atoms with Crippen molar-refractivity contribution in [3.05, 3.63) is 0 Å². The summed E-state index contributed by atoms with van der Waals surface area (Å²) in [6.07, 6.45) is 0. The summed E-state index contributed by atoms with van der Waals surface area (Å²) in [4.78, 5) is 0. The molecule has 5 nitrogen and oxygen atoms in total. The molecule has 1 rings (SSSR count). The molecule has 0 bridgehead atoms. The normalized spacial score (nSPS) is 9.25. The van der Waals surface area contributed by atoms with Gasteiger partial charge in [0.15, 0.2) is 0 Å². The first-order valence-corrected chi connectivity index (χ1v) is 2.29. The number of anilines is 1. The zero-order chi connectivity index (χ0) is 5.98.